The second kappa shape index (κ2) is 3.96. The highest BCUT2D eigenvalue weighted by molar-refractivity contribution is 6.03. The van der Waals surface area contributed by atoms with E-state index in [9.17, 15) is 0 Å². The Bertz CT molecular complexity index is 514. The van der Waals surface area contributed by atoms with Gasteiger partial charge in [0.2, 0.25) is 0 Å². The molecule has 1 aromatic rings. The third-order valence-electron chi connectivity index (χ3n) is 2.17. The van der Waals surface area contributed by atoms with Gasteiger partial charge in [-0.3, -0.25) is 4.99 Å². The lowest BCUT2D eigenvalue weighted by Crippen LogP contribution is -2.27. The monoisotopic (exact) mass is 208 g/mol. The maximum Gasteiger partial charge on any atom is 0.197 e. The van der Waals surface area contributed by atoms with Crippen LogP contribution in [0.4, 0.5) is 0 Å². The van der Waals surface area contributed by atoms with Gasteiger partial charge in [0.1, 0.15) is 5.41 Å². The van der Waals surface area contributed by atoms with E-state index in [1.165, 1.54) is 0 Å². The fourth-order valence-electron chi connectivity index (χ4n) is 1.20. The number of hydrogen-bond donors (Lipinski definition) is 0. The molecule has 2 heterocycles. The van der Waals surface area contributed by atoms with Gasteiger partial charge in [0, 0.05) is 18.6 Å². The number of terminal acetylenes is 2. The first-order valence-electron chi connectivity index (χ1n) is 4.62. The lowest BCUT2D eigenvalue weighted by atomic mass is 9.91. The molecule has 0 aliphatic carbocycles. The Kier molecular flexibility index (Phi) is 2.49. The van der Waals surface area contributed by atoms with E-state index in [0.717, 1.165) is 0 Å². The first-order chi connectivity index (χ1) is 7.79. The average Bonchev–Trinajstić information content (AvgIpc) is 2.40. The van der Waals surface area contributed by atoms with Gasteiger partial charge in [-0.1, -0.05) is 11.8 Å². The van der Waals surface area contributed by atoms with Gasteiger partial charge in [-0.05, 0) is 6.07 Å². The maximum atomic E-state index is 5.35. The third-order valence-corrected chi connectivity index (χ3v) is 2.17. The van der Waals surface area contributed by atoms with Gasteiger partial charge < -0.3 is 0 Å². The molecule has 2 rings (SSSR count). The van der Waals surface area contributed by atoms with Gasteiger partial charge in [0.25, 0.3) is 0 Å². The summed E-state index contributed by atoms with van der Waals surface area (Å²) in [5, 5.41) is 0. The number of hydrogen-bond acceptors (Lipinski definition) is 4. The predicted octanol–water partition coefficient (Wildman–Crippen LogP) is 0.560. The second-order valence-electron chi connectivity index (χ2n) is 3.23. The zero-order valence-corrected chi connectivity index (χ0v) is 8.46. The fourth-order valence-corrected chi connectivity index (χ4v) is 1.20. The largest absolute Gasteiger partial charge is 0.260 e. The smallest absolute Gasteiger partial charge is 0.197 e. The molecule has 1 aromatic heterocycles. The number of nitrogens with zero attached hydrogens (tertiary/aromatic N) is 4. The summed E-state index contributed by atoms with van der Waals surface area (Å²) in [6.45, 7) is 0.317. The van der Waals surface area contributed by atoms with Crippen molar-refractivity contribution in [3.8, 4) is 24.7 Å². The third kappa shape index (κ3) is 1.69. The summed E-state index contributed by atoms with van der Waals surface area (Å²) in [5.41, 5.74) is -0.807. The number of amidine groups is 1. The minimum absolute atomic E-state index is 0.317. The predicted molar refractivity (Wildman–Crippen MR) is 62.0 cm³/mol. The van der Waals surface area contributed by atoms with Gasteiger partial charge in [-0.15, -0.1) is 12.8 Å². The summed E-state index contributed by atoms with van der Waals surface area (Å²) in [5.74, 6) is 5.95. The van der Waals surface area contributed by atoms with Crippen molar-refractivity contribution in [2.75, 3.05) is 6.54 Å². The van der Waals surface area contributed by atoms with Crippen LogP contribution in [0.3, 0.4) is 0 Å². The van der Waals surface area contributed by atoms with E-state index in [0.29, 0.717) is 18.2 Å². The number of rotatable bonds is 1. The van der Waals surface area contributed by atoms with Gasteiger partial charge in [-0.25, -0.2) is 15.0 Å². The summed E-state index contributed by atoms with van der Waals surface area (Å²) in [6.07, 6.45) is 15.5. The van der Waals surface area contributed by atoms with Crippen molar-refractivity contribution in [3.05, 3.63) is 24.3 Å². The Morgan fingerprint density at radius 1 is 1.19 bits per heavy atom. The van der Waals surface area contributed by atoms with Crippen LogP contribution in [-0.2, 0) is 0 Å². The van der Waals surface area contributed by atoms with Crippen LogP contribution >= 0.6 is 0 Å². The topological polar surface area (TPSA) is 50.5 Å². The molecule has 0 saturated carbocycles. The zero-order valence-electron chi connectivity index (χ0n) is 8.46. The van der Waals surface area contributed by atoms with Crippen LogP contribution in [0.5, 0.6) is 0 Å². The number of aliphatic imine (C=N–C) groups is 2. The molecule has 0 unspecified atom stereocenters. The molecular weight excluding hydrogens is 200 g/mol. The van der Waals surface area contributed by atoms with Crippen LogP contribution in [0, 0.1) is 30.1 Å². The molecule has 0 spiro atoms. The molecule has 0 radical (unpaired) electrons. The molecule has 1 aliphatic rings. The summed E-state index contributed by atoms with van der Waals surface area (Å²) in [4.78, 5) is 16.4. The molecule has 0 saturated heterocycles. The van der Waals surface area contributed by atoms with E-state index in [1.807, 2.05) is 0 Å². The summed E-state index contributed by atoms with van der Waals surface area (Å²) < 4.78 is 0. The molecule has 4 nitrogen and oxygen atoms in total. The Labute approximate surface area is 93.6 Å². The molecule has 0 amide bonds. The molecule has 0 atom stereocenters. The standard InChI is InChI=1S/C12H8N4/c1-3-12(4-2)8-15-11(16-9-12)10-13-6-5-7-14-10/h1-2,5-8H,9H2. The van der Waals surface area contributed by atoms with Gasteiger partial charge >= 0.3 is 0 Å². The first-order valence-corrected chi connectivity index (χ1v) is 4.62. The molecule has 1 aliphatic heterocycles. The van der Waals surface area contributed by atoms with E-state index < -0.39 is 5.41 Å². The molecule has 0 aromatic carbocycles. The summed E-state index contributed by atoms with van der Waals surface area (Å²) in [6, 6.07) is 1.73. The van der Waals surface area contributed by atoms with Crippen molar-refractivity contribution >= 4 is 12.1 Å². The highest BCUT2D eigenvalue weighted by Gasteiger charge is 2.26. The average molecular weight is 208 g/mol. The second-order valence-corrected chi connectivity index (χ2v) is 3.23. The van der Waals surface area contributed by atoms with Crippen LogP contribution < -0.4 is 0 Å². The van der Waals surface area contributed by atoms with E-state index >= 15 is 0 Å². The van der Waals surface area contributed by atoms with Crippen molar-refractivity contribution in [1.82, 2.24) is 9.97 Å². The van der Waals surface area contributed by atoms with Crippen LogP contribution in [0.1, 0.15) is 5.82 Å². The normalized spacial score (nSPS) is 17.0. The lowest BCUT2D eigenvalue weighted by Gasteiger charge is -2.18. The van der Waals surface area contributed by atoms with Crippen LogP contribution in [0.2, 0.25) is 0 Å². The zero-order chi connectivity index (χ0) is 11.4. The first kappa shape index (κ1) is 10.1. The van der Waals surface area contributed by atoms with Crippen LogP contribution in [-0.4, -0.2) is 28.6 Å². The van der Waals surface area contributed by atoms with E-state index in [1.54, 1.807) is 24.7 Å². The quantitative estimate of drug-likeness (QED) is 0.633. The van der Waals surface area contributed by atoms with Crippen molar-refractivity contribution in [3.63, 3.8) is 0 Å². The highest BCUT2D eigenvalue weighted by atomic mass is 15.0. The number of aromatic nitrogens is 2. The molecule has 16 heavy (non-hydrogen) atoms. The molecule has 0 fully saturated rings. The van der Waals surface area contributed by atoms with Crippen molar-refractivity contribution in [2.24, 2.45) is 15.4 Å². The van der Waals surface area contributed by atoms with Gasteiger partial charge in [-0.2, -0.15) is 0 Å². The Morgan fingerprint density at radius 3 is 2.38 bits per heavy atom. The maximum absolute atomic E-state index is 5.35. The van der Waals surface area contributed by atoms with Crippen LogP contribution in [0.25, 0.3) is 0 Å². The fraction of sp³-hybridized carbons (Fsp3) is 0.167. The Morgan fingerprint density at radius 2 is 1.88 bits per heavy atom. The van der Waals surface area contributed by atoms with Gasteiger partial charge in [0.05, 0.1) is 6.54 Å². The molecule has 76 valence electrons. The molecule has 0 N–H and O–H groups in total. The minimum atomic E-state index is -0.807. The summed E-state index contributed by atoms with van der Waals surface area (Å²) >= 11 is 0. The Balaban J connectivity index is 2.28. The highest BCUT2D eigenvalue weighted by Crippen LogP contribution is 2.16. The van der Waals surface area contributed by atoms with E-state index in [2.05, 4.69) is 31.8 Å². The Hall–Kier alpha value is -2.46. The van der Waals surface area contributed by atoms with Gasteiger partial charge in [0.15, 0.2) is 11.7 Å². The van der Waals surface area contributed by atoms with Crippen molar-refractivity contribution < 1.29 is 0 Å². The lowest BCUT2D eigenvalue weighted by molar-refractivity contribution is 0.749. The van der Waals surface area contributed by atoms with Crippen molar-refractivity contribution in [1.29, 1.82) is 0 Å². The van der Waals surface area contributed by atoms with E-state index in [4.69, 9.17) is 12.8 Å². The minimum Gasteiger partial charge on any atom is -0.260 e. The molecular formula is C12H8N4. The van der Waals surface area contributed by atoms with Crippen LogP contribution in [0.15, 0.2) is 28.4 Å². The molecule has 4 heteroatoms. The van der Waals surface area contributed by atoms with E-state index in [-0.39, 0.29) is 0 Å². The molecule has 0 bridgehead atoms. The SMILES string of the molecule is C#CC1(C#C)C=NC(c2ncccn2)=NC1. The summed E-state index contributed by atoms with van der Waals surface area (Å²) in [7, 11) is 0. The van der Waals surface area contributed by atoms with Crippen molar-refractivity contribution in [2.45, 2.75) is 0 Å².